The van der Waals surface area contributed by atoms with E-state index >= 15 is 0 Å². The first-order valence-electron chi connectivity index (χ1n) is 4.86. The monoisotopic (exact) mass is 259 g/mol. The fourth-order valence-electron chi connectivity index (χ4n) is 1.16. The Bertz CT molecular complexity index is 371. The van der Waals surface area contributed by atoms with Crippen LogP contribution in [0, 0.1) is 0 Å². The fraction of sp³-hybridized carbons (Fsp3) is 0.364. The summed E-state index contributed by atoms with van der Waals surface area (Å²) in [6, 6.07) is 5.26. The van der Waals surface area contributed by atoms with Crippen molar-refractivity contribution >= 4 is 28.8 Å². The minimum atomic E-state index is 0.327. The first kappa shape index (κ1) is 13.2. The maximum Gasteiger partial charge on any atom is 0.137 e. The van der Waals surface area contributed by atoms with Gasteiger partial charge in [0.15, 0.2) is 0 Å². The number of thiocarbonyl (C=S) groups is 1. The lowest BCUT2D eigenvalue weighted by Gasteiger charge is -2.08. The predicted octanol–water partition coefficient (Wildman–Crippen LogP) is 2.39. The summed E-state index contributed by atoms with van der Waals surface area (Å²) in [5.41, 5.74) is 6.23. The molecule has 0 amide bonds. The highest BCUT2D eigenvalue weighted by Gasteiger charge is 2.04. The van der Waals surface area contributed by atoms with Crippen LogP contribution < -0.4 is 10.5 Å². The van der Waals surface area contributed by atoms with Gasteiger partial charge in [0.25, 0.3) is 0 Å². The van der Waals surface area contributed by atoms with Crippen molar-refractivity contribution in [3.05, 3.63) is 28.8 Å². The third kappa shape index (κ3) is 3.96. The van der Waals surface area contributed by atoms with Gasteiger partial charge in [0.1, 0.15) is 10.7 Å². The van der Waals surface area contributed by atoms with Gasteiger partial charge in [-0.15, -0.1) is 0 Å². The molecule has 16 heavy (non-hydrogen) atoms. The van der Waals surface area contributed by atoms with Crippen LogP contribution in [0.2, 0.25) is 5.02 Å². The van der Waals surface area contributed by atoms with Gasteiger partial charge in [-0.05, 0) is 18.2 Å². The summed E-state index contributed by atoms with van der Waals surface area (Å²) in [6.45, 7) is 1.24. The number of hydrogen-bond donors (Lipinski definition) is 1. The summed E-state index contributed by atoms with van der Waals surface area (Å²) < 4.78 is 10.4. The lowest BCUT2D eigenvalue weighted by molar-refractivity contribution is 0.172. The normalized spacial score (nSPS) is 10.1. The van der Waals surface area contributed by atoms with Crippen molar-refractivity contribution in [3.63, 3.8) is 0 Å². The predicted molar refractivity (Wildman–Crippen MR) is 69.3 cm³/mol. The third-order valence-electron chi connectivity index (χ3n) is 1.97. The zero-order chi connectivity index (χ0) is 12.0. The number of ether oxygens (including phenoxy) is 2. The molecular weight excluding hydrogens is 246 g/mol. The van der Waals surface area contributed by atoms with Gasteiger partial charge in [-0.1, -0.05) is 23.8 Å². The van der Waals surface area contributed by atoms with Crippen molar-refractivity contribution in [1.29, 1.82) is 0 Å². The molecule has 0 aliphatic heterocycles. The molecule has 0 saturated carbocycles. The van der Waals surface area contributed by atoms with E-state index in [1.54, 1.807) is 25.3 Å². The van der Waals surface area contributed by atoms with Crippen molar-refractivity contribution in [2.45, 2.75) is 6.42 Å². The SMILES string of the molecule is COCCCOc1ccc(C(N)=S)cc1Cl. The molecule has 2 N–H and O–H groups in total. The maximum absolute atomic E-state index is 6.01. The minimum absolute atomic E-state index is 0.327. The third-order valence-corrected chi connectivity index (χ3v) is 2.50. The lowest BCUT2D eigenvalue weighted by Crippen LogP contribution is -2.09. The molecule has 1 aromatic carbocycles. The highest BCUT2D eigenvalue weighted by Crippen LogP contribution is 2.25. The molecule has 0 aromatic heterocycles. The molecule has 0 aliphatic carbocycles. The second-order valence-electron chi connectivity index (χ2n) is 3.20. The van der Waals surface area contributed by atoms with Crippen LogP contribution in [0.1, 0.15) is 12.0 Å². The summed E-state index contributed by atoms with van der Waals surface area (Å²) in [5, 5.41) is 0.516. The highest BCUT2D eigenvalue weighted by atomic mass is 35.5. The van der Waals surface area contributed by atoms with E-state index in [0.29, 0.717) is 29.0 Å². The second-order valence-corrected chi connectivity index (χ2v) is 4.05. The smallest absolute Gasteiger partial charge is 0.137 e. The fourth-order valence-corrected chi connectivity index (χ4v) is 1.52. The number of hydrogen-bond acceptors (Lipinski definition) is 3. The van der Waals surface area contributed by atoms with Crippen molar-refractivity contribution in [3.8, 4) is 5.75 Å². The Morgan fingerprint density at radius 3 is 2.75 bits per heavy atom. The summed E-state index contributed by atoms with van der Waals surface area (Å²) in [4.78, 5) is 0.327. The van der Waals surface area contributed by atoms with Crippen LogP contribution in [-0.2, 0) is 4.74 Å². The zero-order valence-corrected chi connectivity index (χ0v) is 10.6. The minimum Gasteiger partial charge on any atom is -0.492 e. The zero-order valence-electron chi connectivity index (χ0n) is 9.03. The molecule has 0 radical (unpaired) electrons. The Labute approximate surface area is 105 Å². The van der Waals surface area contributed by atoms with E-state index in [2.05, 4.69) is 0 Å². The number of nitrogens with two attached hydrogens (primary N) is 1. The average Bonchev–Trinajstić information content (AvgIpc) is 2.26. The van der Waals surface area contributed by atoms with E-state index in [-0.39, 0.29) is 0 Å². The molecule has 88 valence electrons. The molecule has 0 unspecified atom stereocenters. The molecular formula is C11H14ClNO2S. The van der Waals surface area contributed by atoms with Gasteiger partial charge in [0, 0.05) is 25.7 Å². The van der Waals surface area contributed by atoms with Gasteiger partial charge in [0.2, 0.25) is 0 Å². The molecule has 5 heteroatoms. The summed E-state index contributed by atoms with van der Waals surface area (Å²) in [5.74, 6) is 0.637. The molecule has 0 atom stereocenters. The molecule has 1 aromatic rings. The quantitative estimate of drug-likeness (QED) is 0.629. The number of methoxy groups -OCH3 is 1. The van der Waals surface area contributed by atoms with Crippen molar-refractivity contribution < 1.29 is 9.47 Å². The van der Waals surface area contributed by atoms with E-state index in [4.69, 9.17) is 39.0 Å². The topological polar surface area (TPSA) is 44.5 Å². The number of benzene rings is 1. The Hall–Kier alpha value is -0.840. The lowest BCUT2D eigenvalue weighted by atomic mass is 10.2. The Morgan fingerprint density at radius 2 is 2.19 bits per heavy atom. The maximum atomic E-state index is 6.01. The van der Waals surface area contributed by atoms with E-state index in [0.717, 1.165) is 12.0 Å². The van der Waals surface area contributed by atoms with E-state index in [1.165, 1.54) is 0 Å². The molecule has 0 aliphatic rings. The van der Waals surface area contributed by atoms with Crippen LogP contribution in [0.4, 0.5) is 0 Å². The Balaban J connectivity index is 2.57. The largest absolute Gasteiger partial charge is 0.492 e. The van der Waals surface area contributed by atoms with E-state index in [9.17, 15) is 0 Å². The summed E-state index contributed by atoms with van der Waals surface area (Å²) in [6.07, 6.45) is 0.823. The van der Waals surface area contributed by atoms with Crippen molar-refractivity contribution in [2.24, 2.45) is 5.73 Å². The van der Waals surface area contributed by atoms with Crippen molar-refractivity contribution in [2.75, 3.05) is 20.3 Å². The molecule has 1 rings (SSSR count). The molecule has 0 heterocycles. The molecule has 0 fully saturated rings. The number of halogens is 1. The van der Waals surface area contributed by atoms with Crippen LogP contribution in [-0.4, -0.2) is 25.3 Å². The first-order valence-corrected chi connectivity index (χ1v) is 5.65. The first-order chi connectivity index (χ1) is 7.65. The van der Waals surface area contributed by atoms with Crippen molar-refractivity contribution in [1.82, 2.24) is 0 Å². The average molecular weight is 260 g/mol. The van der Waals surface area contributed by atoms with Crippen LogP contribution in [0.3, 0.4) is 0 Å². The van der Waals surface area contributed by atoms with Gasteiger partial charge < -0.3 is 15.2 Å². The summed E-state index contributed by atoms with van der Waals surface area (Å²) >= 11 is 10.9. The van der Waals surface area contributed by atoms with Gasteiger partial charge in [-0.2, -0.15) is 0 Å². The Morgan fingerprint density at radius 1 is 1.44 bits per heavy atom. The molecule has 0 saturated heterocycles. The van der Waals surface area contributed by atoms with E-state index in [1.807, 2.05) is 0 Å². The standard InChI is InChI=1S/C11H14ClNO2S/c1-14-5-2-6-15-10-4-3-8(11(13)16)7-9(10)12/h3-4,7H,2,5-6H2,1H3,(H2,13,16). The van der Waals surface area contributed by atoms with Gasteiger partial charge >= 0.3 is 0 Å². The van der Waals surface area contributed by atoms with E-state index < -0.39 is 0 Å². The van der Waals surface area contributed by atoms with Crippen LogP contribution in [0.15, 0.2) is 18.2 Å². The second kappa shape index (κ2) is 6.68. The van der Waals surface area contributed by atoms with Crippen LogP contribution in [0.25, 0.3) is 0 Å². The highest BCUT2D eigenvalue weighted by molar-refractivity contribution is 7.80. The number of rotatable bonds is 6. The van der Waals surface area contributed by atoms with Crippen LogP contribution >= 0.6 is 23.8 Å². The summed E-state index contributed by atoms with van der Waals surface area (Å²) in [7, 11) is 1.66. The van der Waals surface area contributed by atoms with Gasteiger partial charge in [0.05, 0.1) is 11.6 Å². The van der Waals surface area contributed by atoms with Gasteiger partial charge in [-0.3, -0.25) is 0 Å². The molecule has 3 nitrogen and oxygen atoms in total. The van der Waals surface area contributed by atoms with Crippen LogP contribution in [0.5, 0.6) is 5.75 Å². The Kier molecular flexibility index (Phi) is 5.52. The molecule has 0 bridgehead atoms. The van der Waals surface area contributed by atoms with Gasteiger partial charge in [-0.25, -0.2) is 0 Å². The molecule has 0 spiro atoms.